The number of hydrogen-bond acceptors (Lipinski definition) is 3. The summed E-state index contributed by atoms with van der Waals surface area (Å²) in [5.74, 6) is 1.33. The van der Waals surface area contributed by atoms with E-state index in [-0.39, 0.29) is 0 Å². The molecule has 0 aliphatic carbocycles. The minimum absolute atomic E-state index is 0.659. The predicted molar refractivity (Wildman–Crippen MR) is 174 cm³/mol. The molecule has 196 valence electrons. The zero-order valence-corrected chi connectivity index (χ0v) is 22.8. The second-order valence-electron chi connectivity index (χ2n) is 10.5. The molecule has 7 aromatic carbocycles. The van der Waals surface area contributed by atoms with Gasteiger partial charge in [0, 0.05) is 11.1 Å². The Labute approximate surface area is 243 Å². The lowest BCUT2D eigenvalue weighted by molar-refractivity contribution is 1.07. The molecule has 0 spiro atoms. The van der Waals surface area contributed by atoms with Crippen LogP contribution in [-0.2, 0) is 0 Å². The molecule has 0 N–H and O–H groups in total. The van der Waals surface area contributed by atoms with Crippen molar-refractivity contribution in [1.29, 1.82) is 0 Å². The van der Waals surface area contributed by atoms with Gasteiger partial charge in [0.2, 0.25) is 0 Å². The molecule has 1 heterocycles. The van der Waals surface area contributed by atoms with E-state index in [0.717, 1.165) is 16.7 Å². The van der Waals surface area contributed by atoms with E-state index in [1.54, 1.807) is 6.33 Å². The van der Waals surface area contributed by atoms with Crippen LogP contribution < -0.4 is 0 Å². The second kappa shape index (κ2) is 10.1. The average molecular weight is 536 g/mol. The van der Waals surface area contributed by atoms with Crippen LogP contribution in [0.5, 0.6) is 0 Å². The van der Waals surface area contributed by atoms with Gasteiger partial charge in [-0.25, -0.2) is 15.0 Å². The van der Waals surface area contributed by atoms with Crippen molar-refractivity contribution in [1.82, 2.24) is 15.0 Å². The first-order valence-corrected chi connectivity index (χ1v) is 14.1. The first-order valence-electron chi connectivity index (χ1n) is 14.1. The highest BCUT2D eigenvalue weighted by atomic mass is 15.0. The topological polar surface area (TPSA) is 38.7 Å². The number of hydrogen-bond donors (Lipinski definition) is 0. The largest absolute Gasteiger partial charge is 0.217 e. The minimum Gasteiger partial charge on any atom is -0.217 e. The van der Waals surface area contributed by atoms with Crippen molar-refractivity contribution >= 4 is 32.3 Å². The van der Waals surface area contributed by atoms with Gasteiger partial charge in [-0.2, -0.15) is 0 Å². The Morgan fingerprint density at radius 3 is 1.45 bits per heavy atom. The lowest BCUT2D eigenvalue weighted by Crippen LogP contribution is -1.95. The molecule has 0 radical (unpaired) electrons. The molecule has 0 atom stereocenters. The standard InChI is InChI=1S/C39H25N3/c1-2-11-26(12-3-1)38-40-25-41-39(42-38)29-14-10-13-27(23-29)30-15-4-5-16-31(30)28-21-22-36-34-19-7-6-17-32(34)33-18-8-9-20-35(33)37(36)24-28/h1-25H. The van der Waals surface area contributed by atoms with E-state index in [1.165, 1.54) is 49.0 Å². The van der Waals surface area contributed by atoms with Gasteiger partial charge in [-0.15, -0.1) is 0 Å². The van der Waals surface area contributed by atoms with Gasteiger partial charge in [0.15, 0.2) is 11.6 Å². The average Bonchev–Trinajstić information content (AvgIpc) is 3.09. The predicted octanol–water partition coefficient (Wildman–Crippen LogP) is 10.00. The molecule has 0 aliphatic heterocycles. The molecular formula is C39H25N3. The molecule has 0 fully saturated rings. The van der Waals surface area contributed by atoms with Crippen LogP contribution in [0.1, 0.15) is 0 Å². The number of benzene rings is 7. The highest BCUT2D eigenvalue weighted by molar-refractivity contribution is 6.25. The Hall–Kier alpha value is -5.67. The molecule has 0 aliphatic rings. The lowest BCUT2D eigenvalue weighted by Gasteiger charge is -2.14. The second-order valence-corrected chi connectivity index (χ2v) is 10.5. The van der Waals surface area contributed by atoms with Crippen LogP contribution in [0.2, 0.25) is 0 Å². The van der Waals surface area contributed by atoms with Crippen LogP contribution in [0.25, 0.3) is 77.3 Å². The third kappa shape index (κ3) is 4.11. The number of rotatable bonds is 4. The van der Waals surface area contributed by atoms with Crippen molar-refractivity contribution in [2.45, 2.75) is 0 Å². The quantitative estimate of drug-likeness (QED) is 0.211. The first kappa shape index (κ1) is 24.2. The molecule has 0 unspecified atom stereocenters. The monoisotopic (exact) mass is 535 g/mol. The van der Waals surface area contributed by atoms with E-state index >= 15 is 0 Å². The Kier molecular flexibility index (Phi) is 5.79. The lowest BCUT2D eigenvalue weighted by atomic mass is 9.89. The van der Waals surface area contributed by atoms with Crippen molar-refractivity contribution < 1.29 is 0 Å². The van der Waals surface area contributed by atoms with E-state index in [1.807, 2.05) is 30.3 Å². The number of aromatic nitrogens is 3. The van der Waals surface area contributed by atoms with Crippen molar-refractivity contribution in [2.24, 2.45) is 0 Å². The van der Waals surface area contributed by atoms with Crippen LogP contribution in [0.4, 0.5) is 0 Å². The summed E-state index contributed by atoms with van der Waals surface area (Å²) in [6.07, 6.45) is 1.59. The van der Waals surface area contributed by atoms with Gasteiger partial charge >= 0.3 is 0 Å². The van der Waals surface area contributed by atoms with Gasteiger partial charge in [0.05, 0.1) is 0 Å². The van der Waals surface area contributed by atoms with E-state index in [2.05, 4.69) is 125 Å². The van der Waals surface area contributed by atoms with Crippen LogP contribution >= 0.6 is 0 Å². The van der Waals surface area contributed by atoms with Gasteiger partial charge < -0.3 is 0 Å². The van der Waals surface area contributed by atoms with Crippen molar-refractivity contribution in [2.75, 3.05) is 0 Å². The Morgan fingerprint density at radius 2 is 0.786 bits per heavy atom. The first-order chi connectivity index (χ1) is 20.8. The number of nitrogens with zero attached hydrogens (tertiary/aromatic N) is 3. The smallest absolute Gasteiger partial charge is 0.163 e. The molecule has 0 bridgehead atoms. The molecule has 3 nitrogen and oxygen atoms in total. The Morgan fingerprint density at radius 1 is 0.310 bits per heavy atom. The number of fused-ring (bicyclic) bond motifs is 6. The summed E-state index contributed by atoms with van der Waals surface area (Å²) < 4.78 is 0. The highest BCUT2D eigenvalue weighted by Gasteiger charge is 2.13. The molecule has 42 heavy (non-hydrogen) atoms. The maximum Gasteiger partial charge on any atom is 0.163 e. The van der Waals surface area contributed by atoms with Crippen molar-refractivity contribution in [3.63, 3.8) is 0 Å². The molecular weight excluding hydrogens is 510 g/mol. The summed E-state index contributed by atoms with van der Waals surface area (Å²) in [5.41, 5.74) is 6.59. The highest BCUT2D eigenvalue weighted by Crippen LogP contribution is 2.39. The fraction of sp³-hybridized carbons (Fsp3) is 0. The maximum absolute atomic E-state index is 4.79. The SMILES string of the molecule is c1ccc(-c2ncnc(-c3cccc(-c4ccccc4-c4ccc5c6ccccc6c6ccccc6c5c4)c3)n2)cc1. The van der Waals surface area contributed by atoms with Crippen LogP contribution in [0.3, 0.4) is 0 Å². The van der Waals surface area contributed by atoms with Gasteiger partial charge in [-0.1, -0.05) is 133 Å². The fourth-order valence-corrected chi connectivity index (χ4v) is 6.05. The van der Waals surface area contributed by atoms with Crippen LogP contribution in [0.15, 0.2) is 152 Å². The van der Waals surface area contributed by atoms with Gasteiger partial charge in [0.1, 0.15) is 6.33 Å². The van der Waals surface area contributed by atoms with E-state index in [0.29, 0.717) is 11.6 Å². The molecule has 0 saturated carbocycles. The summed E-state index contributed by atoms with van der Waals surface area (Å²) in [7, 11) is 0. The van der Waals surface area contributed by atoms with E-state index in [4.69, 9.17) is 4.98 Å². The van der Waals surface area contributed by atoms with Crippen molar-refractivity contribution in [3.8, 4) is 45.0 Å². The molecule has 1 aromatic heterocycles. The maximum atomic E-state index is 4.79. The summed E-state index contributed by atoms with van der Waals surface area (Å²) in [6.45, 7) is 0. The third-order valence-corrected chi connectivity index (χ3v) is 8.02. The van der Waals surface area contributed by atoms with Crippen LogP contribution in [-0.4, -0.2) is 15.0 Å². The summed E-state index contributed by atoms with van der Waals surface area (Å²) in [6, 6.07) is 51.4. The third-order valence-electron chi connectivity index (χ3n) is 8.02. The fourth-order valence-electron chi connectivity index (χ4n) is 6.05. The molecule has 8 rings (SSSR count). The molecule has 0 saturated heterocycles. The van der Waals surface area contributed by atoms with E-state index in [9.17, 15) is 0 Å². The zero-order valence-electron chi connectivity index (χ0n) is 22.8. The normalized spacial score (nSPS) is 11.3. The summed E-state index contributed by atoms with van der Waals surface area (Å²) >= 11 is 0. The van der Waals surface area contributed by atoms with Crippen molar-refractivity contribution in [3.05, 3.63) is 152 Å². The minimum atomic E-state index is 0.659. The zero-order chi connectivity index (χ0) is 27.9. The Bertz CT molecular complexity index is 2220. The van der Waals surface area contributed by atoms with Gasteiger partial charge in [-0.3, -0.25) is 0 Å². The van der Waals surface area contributed by atoms with Gasteiger partial charge in [-0.05, 0) is 66.7 Å². The van der Waals surface area contributed by atoms with Gasteiger partial charge in [0.25, 0.3) is 0 Å². The molecule has 0 amide bonds. The van der Waals surface area contributed by atoms with Crippen LogP contribution in [0, 0.1) is 0 Å². The molecule has 3 heteroatoms. The molecule has 8 aromatic rings. The summed E-state index contributed by atoms with van der Waals surface area (Å²) in [5, 5.41) is 7.67. The van der Waals surface area contributed by atoms with E-state index < -0.39 is 0 Å². The Balaban J connectivity index is 1.26. The summed E-state index contributed by atoms with van der Waals surface area (Å²) in [4.78, 5) is 13.7.